The minimum atomic E-state index is -0.776. The van der Waals surface area contributed by atoms with Crippen LogP contribution in [0.15, 0.2) is 18.2 Å². The SMILES string of the molecule is Cc1cc(CC(=O)O)ccc1N1CCN(C)CC1. The molecule has 1 aliphatic heterocycles. The van der Waals surface area contributed by atoms with Crippen molar-refractivity contribution in [1.29, 1.82) is 0 Å². The Bertz CT molecular complexity index is 437. The zero-order chi connectivity index (χ0) is 13.1. The fraction of sp³-hybridized carbons (Fsp3) is 0.500. The molecule has 0 unspecified atom stereocenters. The van der Waals surface area contributed by atoms with Crippen LogP contribution in [-0.4, -0.2) is 49.2 Å². The molecule has 0 aliphatic carbocycles. The molecule has 1 fully saturated rings. The molecule has 1 aromatic rings. The summed E-state index contributed by atoms with van der Waals surface area (Å²) >= 11 is 0. The van der Waals surface area contributed by atoms with Crippen molar-refractivity contribution >= 4 is 11.7 Å². The quantitative estimate of drug-likeness (QED) is 0.877. The van der Waals surface area contributed by atoms with Crippen molar-refractivity contribution in [3.63, 3.8) is 0 Å². The van der Waals surface area contributed by atoms with E-state index in [1.807, 2.05) is 12.1 Å². The van der Waals surface area contributed by atoms with E-state index in [-0.39, 0.29) is 6.42 Å². The molecule has 0 radical (unpaired) electrons. The minimum absolute atomic E-state index is 0.101. The van der Waals surface area contributed by atoms with Gasteiger partial charge in [0.2, 0.25) is 0 Å². The second-order valence-corrected chi connectivity index (χ2v) is 4.98. The monoisotopic (exact) mass is 248 g/mol. The third-order valence-corrected chi connectivity index (χ3v) is 3.46. The van der Waals surface area contributed by atoms with E-state index in [1.54, 1.807) is 0 Å². The van der Waals surface area contributed by atoms with Crippen LogP contribution in [0, 0.1) is 6.92 Å². The summed E-state index contributed by atoms with van der Waals surface area (Å²) in [7, 11) is 2.14. The summed E-state index contributed by atoms with van der Waals surface area (Å²) in [6.07, 6.45) is 0.101. The van der Waals surface area contributed by atoms with Crippen LogP contribution in [0.25, 0.3) is 0 Å². The summed E-state index contributed by atoms with van der Waals surface area (Å²) in [4.78, 5) is 15.4. The normalized spacial score (nSPS) is 16.9. The molecule has 1 heterocycles. The molecule has 0 aromatic heterocycles. The van der Waals surface area contributed by atoms with Crippen LogP contribution in [0.3, 0.4) is 0 Å². The number of likely N-dealkylation sites (N-methyl/N-ethyl adjacent to an activating group) is 1. The molecule has 98 valence electrons. The van der Waals surface area contributed by atoms with Crippen LogP contribution >= 0.6 is 0 Å². The molecule has 0 saturated carbocycles. The van der Waals surface area contributed by atoms with Crippen molar-refractivity contribution in [1.82, 2.24) is 4.90 Å². The molecular weight excluding hydrogens is 228 g/mol. The average Bonchev–Trinajstić information content (AvgIpc) is 2.30. The lowest BCUT2D eigenvalue weighted by Gasteiger charge is -2.35. The zero-order valence-electron chi connectivity index (χ0n) is 11.0. The number of hydrogen-bond acceptors (Lipinski definition) is 3. The predicted octanol–water partition coefficient (Wildman–Crippen LogP) is 1.37. The van der Waals surface area contributed by atoms with Gasteiger partial charge >= 0.3 is 5.97 Å². The number of aryl methyl sites for hydroxylation is 1. The van der Waals surface area contributed by atoms with Crippen LogP contribution in [0.4, 0.5) is 5.69 Å². The number of piperazine rings is 1. The average molecular weight is 248 g/mol. The maximum atomic E-state index is 10.7. The molecule has 0 atom stereocenters. The van der Waals surface area contributed by atoms with Gasteiger partial charge in [-0.05, 0) is 31.2 Å². The highest BCUT2D eigenvalue weighted by Crippen LogP contribution is 2.22. The lowest BCUT2D eigenvalue weighted by atomic mass is 10.1. The molecule has 1 aliphatic rings. The van der Waals surface area contributed by atoms with E-state index in [9.17, 15) is 4.79 Å². The predicted molar refractivity (Wildman–Crippen MR) is 72.2 cm³/mol. The Morgan fingerprint density at radius 2 is 1.94 bits per heavy atom. The standard InChI is InChI=1S/C14H20N2O2/c1-11-9-12(10-14(17)18)3-4-13(11)16-7-5-15(2)6-8-16/h3-4,9H,5-8,10H2,1-2H3,(H,17,18). The number of carbonyl (C=O) groups is 1. The van der Waals surface area contributed by atoms with Gasteiger partial charge in [-0.2, -0.15) is 0 Å². The first-order chi connectivity index (χ1) is 8.56. The topological polar surface area (TPSA) is 43.8 Å². The molecule has 4 nitrogen and oxygen atoms in total. The molecule has 1 saturated heterocycles. The minimum Gasteiger partial charge on any atom is -0.481 e. The van der Waals surface area contributed by atoms with Gasteiger partial charge < -0.3 is 14.9 Å². The third-order valence-electron chi connectivity index (χ3n) is 3.46. The molecular formula is C14H20N2O2. The third kappa shape index (κ3) is 3.01. The summed E-state index contributed by atoms with van der Waals surface area (Å²) in [5.41, 5.74) is 3.27. The van der Waals surface area contributed by atoms with Gasteiger partial charge in [0.25, 0.3) is 0 Å². The van der Waals surface area contributed by atoms with Gasteiger partial charge in [0.15, 0.2) is 0 Å². The van der Waals surface area contributed by atoms with Crippen molar-refractivity contribution in [2.45, 2.75) is 13.3 Å². The lowest BCUT2D eigenvalue weighted by molar-refractivity contribution is -0.136. The zero-order valence-corrected chi connectivity index (χ0v) is 11.0. The fourth-order valence-corrected chi connectivity index (χ4v) is 2.40. The maximum absolute atomic E-state index is 10.7. The molecule has 2 rings (SSSR count). The molecule has 18 heavy (non-hydrogen) atoms. The van der Waals surface area contributed by atoms with Crippen molar-refractivity contribution in [2.75, 3.05) is 38.1 Å². The summed E-state index contributed by atoms with van der Waals surface area (Å²) in [5, 5.41) is 8.79. The molecule has 0 bridgehead atoms. The first-order valence-electron chi connectivity index (χ1n) is 6.31. The van der Waals surface area contributed by atoms with Gasteiger partial charge in [-0.1, -0.05) is 12.1 Å². The second kappa shape index (κ2) is 5.40. The number of carboxylic acid groups (broad SMARTS) is 1. The molecule has 1 N–H and O–H groups in total. The van der Waals surface area contributed by atoms with E-state index in [1.165, 1.54) is 11.3 Å². The summed E-state index contributed by atoms with van der Waals surface area (Å²) in [6, 6.07) is 5.97. The maximum Gasteiger partial charge on any atom is 0.307 e. The van der Waals surface area contributed by atoms with Crippen molar-refractivity contribution in [2.24, 2.45) is 0 Å². The number of anilines is 1. The van der Waals surface area contributed by atoms with E-state index in [0.717, 1.165) is 31.7 Å². The highest BCUT2D eigenvalue weighted by Gasteiger charge is 2.16. The van der Waals surface area contributed by atoms with Gasteiger partial charge in [0, 0.05) is 31.9 Å². The number of benzene rings is 1. The Morgan fingerprint density at radius 1 is 1.28 bits per heavy atom. The van der Waals surface area contributed by atoms with Crippen LogP contribution in [0.5, 0.6) is 0 Å². The summed E-state index contributed by atoms with van der Waals surface area (Å²) < 4.78 is 0. The number of hydrogen-bond donors (Lipinski definition) is 1. The fourth-order valence-electron chi connectivity index (χ4n) is 2.40. The van der Waals surface area contributed by atoms with Gasteiger partial charge in [-0.25, -0.2) is 0 Å². The Morgan fingerprint density at radius 3 is 2.50 bits per heavy atom. The molecule has 1 aromatic carbocycles. The summed E-state index contributed by atoms with van der Waals surface area (Å²) in [5.74, 6) is -0.776. The van der Waals surface area contributed by atoms with Crippen LogP contribution < -0.4 is 4.90 Å². The second-order valence-electron chi connectivity index (χ2n) is 4.98. The molecule has 4 heteroatoms. The van der Waals surface area contributed by atoms with Gasteiger partial charge in [-0.15, -0.1) is 0 Å². The number of aliphatic carboxylic acids is 1. The van der Waals surface area contributed by atoms with E-state index >= 15 is 0 Å². The number of carboxylic acids is 1. The van der Waals surface area contributed by atoms with Crippen LogP contribution in [0.1, 0.15) is 11.1 Å². The van der Waals surface area contributed by atoms with Crippen molar-refractivity contribution in [3.05, 3.63) is 29.3 Å². The van der Waals surface area contributed by atoms with E-state index in [0.29, 0.717) is 0 Å². The Labute approximate surface area is 108 Å². The van der Waals surface area contributed by atoms with Crippen molar-refractivity contribution in [3.8, 4) is 0 Å². The van der Waals surface area contributed by atoms with E-state index in [2.05, 4.69) is 29.8 Å². The Hall–Kier alpha value is -1.55. The van der Waals surface area contributed by atoms with Gasteiger partial charge in [0.05, 0.1) is 6.42 Å². The summed E-state index contributed by atoms with van der Waals surface area (Å²) in [6.45, 7) is 6.29. The first-order valence-corrected chi connectivity index (χ1v) is 6.31. The first kappa shape index (κ1) is 12.9. The number of rotatable bonds is 3. The highest BCUT2D eigenvalue weighted by atomic mass is 16.4. The molecule has 0 amide bonds. The number of nitrogens with zero attached hydrogens (tertiary/aromatic N) is 2. The van der Waals surface area contributed by atoms with Crippen molar-refractivity contribution < 1.29 is 9.90 Å². The van der Waals surface area contributed by atoms with E-state index < -0.39 is 5.97 Å². The van der Waals surface area contributed by atoms with E-state index in [4.69, 9.17) is 5.11 Å². The lowest BCUT2D eigenvalue weighted by Crippen LogP contribution is -2.44. The Balaban J connectivity index is 2.12. The highest BCUT2D eigenvalue weighted by molar-refractivity contribution is 5.71. The largest absolute Gasteiger partial charge is 0.481 e. The van der Waals surface area contributed by atoms with Gasteiger partial charge in [0.1, 0.15) is 0 Å². The van der Waals surface area contributed by atoms with Gasteiger partial charge in [-0.3, -0.25) is 4.79 Å². The smallest absolute Gasteiger partial charge is 0.307 e. The van der Waals surface area contributed by atoms with Crippen LogP contribution in [0.2, 0.25) is 0 Å². The van der Waals surface area contributed by atoms with Crippen LogP contribution in [-0.2, 0) is 11.2 Å². The molecule has 0 spiro atoms. The Kier molecular flexibility index (Phi) is 3.87.